The molecular formula is C13H14O3S. The molecule has 0 spiro atoms. The number of allylic oxidation sites excluding steroid dienone is 3. The minimum atomic E-state index is -3.58. The van der Waals surface area contributed by atoms with Gasteiger partial charge in [0.2, 0.25) is 9.84 Å². The summed E-state index contributed by atoms with van der Waals surface area (Å²) in [6.45, 7) is 5.36. The Morgan fingerprint density at radius 3 is 2.35 bits per heavy atom. The Balaban J connectivity index is 3.25. The Morgan fingerprint density at radius 1 is 1.29 bits per heavy atom. The summed E-state index contributed by atoms with van der Waals surface area (Å²) in [5.74, 6) is 0. The van der Waals surface area contributed by atoms with Crippen LogP contribution < -0.4 is 0 Å². The number of rotatable bonds is 5. The maximum Gasteiger partial charge on any atom is 0.203 e. The molecule has 0 aliphatic rings. The van der Waals surface area contributed by atoms with Gasteiger partial charge in [-0.25, -0.2) is 8.42 Å². The number of carbonyl (C=O) groups excluding carboxylic acids is 1. The van der Waals surface area contributed by atoms with Crippen molar-refractivity contribution < 1.29 is 13.2 Å². The molecule has 1 rings (SSSR count). The van der Waals surface area contributed by atoms with E-state index in [9.17, 15) is 13.2 Å². The maximum absolute atomic E-state index is 12.1. The predicted octanol–water partition coefficient (Wildman–Crippen LogP) is 2.43. The van der Waals surface area contributed by atoms with E-state index >= 15 is 0 Å². The van der Waals surface area contributed by atoms with E-state index in [4.69, 9.17) is 0 Å². The monoisotopic (exact) mass is 250 g/mol. The van der Waals surface area contributed by atoms with Crippen molar-refractivity contribution in [3.8, 4) is 0 Å². The van der Waals surface area contributed by atoms with Crippen LogP contribution in [0.15, 0.2) is 52.8 Å². The number of hydrogen-bond acceptors (Lipinski definition) is 3. The van der Waals surface area contributed by atoms with Crippen molar-refractivity contribution in [3.63, 3.8) is 0 Å². The fourth-order valence-electron chi connectivity index (χ4n) is 1.35. The lowest BCUT2D eigenvalue weighted by atomic mass is 10.2. The quantitative estimate of drug-likeness (QED) is 0.458. The number of aldehydes is 1. The van der Waals surface area contributed by atoms with Crippen LogP contribution >= 0.6 is 0 Å². The lowest BCUT2D eigenvalue weighted by molar-refractivity contribution is -0.104. The van der Waals surface area contributed by atoms with Crippen LogP contribution in [0.2, 0.25) is 0 Å². The lowest BCUT2D eigenvalue weighted by Crippen LogP contribution is -2.05. The zero-order valence-corrected chi connectivity index (χ0v) is 10.4. The minimum absolute atomic E-state index is 0.0614. The van der Waals surface area contributed by atoms with Crippen molar-refractivity contribution in [2.24, 2.45) is 0 Å². The molecule has 1 aromatic carbocycles. The van der Waals surface area contributed by atoms with Crippen LogP contribution in [0.5, 0.6) is 0 Å². The highest BCUT2D eigenvalue weighted by Gasteiger charge is 2.18. The Hall–Kier alpha value is -1.68. The molecule has 0 bridgehead atoms. The molecule has 0 saturated carbocycles. The van der Waals surface area contributed by atoms with E-state index in [1.54, 1.807) is 12.1 Å². The summed E-state index contributed by atoms with van der Waals surface area (Å²) in [6, 6.07) is 6.51. The van der Waals surface area contributed by atoms with Crippen molar-refractivity contribution in [1.82, 2.24) is 0 Å². The summed E-state index contributed by atoms with van der Waals surface area (Å²) in [5.41, 5.74) is 0.980. The smallest absolute Gasteiger partial charge is 0.203 e. The maximum atomic E-state index is 12.1. The highest BCUT2D eigenvalue weighted by atomic mass is 32.2. The van der Waals surface area contributed by atoms with Crippen molar-refractivity contribution in [3.05, 3.63) is 53.5 Å². The first-order chi connectivity index (χ1) is 8.02. The molecule has 0 fully saturated rings. The van der Waals surface area contributed by atoms with E-state index in [0.29, 0.717) is 6.29 Å². The molecule has 0 aliphatic carbocycles. The molecule has 1 aromatic rings. The second kappa shape index (κ2) is 5.59. The summed E-state index contributed by atoms with van der Waals surface area (Å²) >= 11 is 0. The van der Waals surface area contributed by atoms with Gasteiger partial charge in [-0.2, -0.15) is 0 Å². The van der Waals surface area contributed by atoms with Gasteiger partial charge in [0.05, 0.1) is 9.80 Å². The van der Waals surface area contributed by atoms with Gasteiger partial charge in [0.1, 0.15) is 6.29 Å². The molecule has 0 saturated heterocycles. The van der Waals surface area contributed by atoms with Crippen LogP contribution in [0.3, 0.4) is 0 Å². The van der Waals surface area contributed by atoms with E-state index in [1.807, 2.05) is 6.92 Å². The van der Waals surface area contributed by atoms with Crippen LogP contribution in [0.25, 0.3) is 0 Å². The summed E-state index contributed by atoms with van der Waals surface area (Å²) < 4.78 is 24.3. The Labute approximate surface area is 101 Å². The molecule has 4 heteroatoms. The summed E-state index contributed by atoms with van der Waals surface area (Å²) in [5, 5.41) is 0. The topological polar surface area (TPSA) is 51.2 Å². The third kappa shape index (κ3) is 3.14. The fourth-order valence-corrected chi connectivity index (χ4v) is 2.72. The molecule has 0 heterocycles. The van der Waals surface area contributed by atoms with Crippen molar-refractivity contribution in [2.75, 3.05) is 0 Å². The van der Waals surface area contributed by atoms with Gasteiger partial charge in [-0.15, -0.1) is 6.58 Å². The standard InChI is InChI=1S/C13H14O3S/c1-3-4-12(9-10-14)17(15,16)13-7-5-11(2)6-8-13/h3,5-10H,1,4H2,2H3/b12-9+. The van der Waals surface area contributed by atoms with E-state index in [1.165, 1.54) is 18.2 Å². The van der Waals surface area contributed by atoms with E-state index in [0.717, 1.165) is 11.6 Å². The first kappa shape index (κ1) is 13.4. The van der Waals surface area contributed by atoms with E-state index in [2.05, 4.69) is 6.58 Å². The Bertz CT molecular complexity index is 537. The zero-order valence-electron chi connectivity index (χ0n) is 9.59. The molecule has 17 heavy (non-hydrogen) atoms. The summed E-state index contributed by atoms with van der Waals surface area (Å²) in [7, 11) is -3.58. The van der Waals surface area contributed by atoms with Gasteiger partial charge in [-0.1, -0.05) is 23.8 Å². The van der Waals surface area contributed by atoms with Crippen LogP contribution in [-0.2, 0) is 14.6 Å². The molecular weight excluding hydrogens is 236 g/mol. The van der Waals surface area contributed by atoms with Gasteiger partial charge >= 0.3 is 0 Å². The molecule has 0 amide bonds. The average molecular weight is 250 g/mol. The normalized spacial score (nSPS) is 12.2. The molecule has 0 radical (unpaired) electrons. The molecule has 3 nitrogen and oxygen atoms in total. The van der Waals surface area contributed by atoms with Gasteiger partial charge in [-0.05, 0) is 25.1 Å². The van der Waals surface area contributed by atoms with Gasteiger partial charge < -0.3 is 0 Å². The number of carbonyl (C=O) groups is 1. The second-order valence-electron chi connectivity index (χ2n) is 3.58. The van der Waals surface area contributed by atoms with Crippen LogP contribution in [-0.4, -0.2) is 14.7 Å². The first-order valence-electron chi connectivity index (χ1n) is 5.09. The lowest BCUT2D eigenvalue weighted by Gasteiger charge is -2.06. The molecule has 0 unspecified atom stereocenters. The Morgan fingerprint density at radius 2 is 1.88 bits per heavy atom. The van der Waals surface area contributed by atoms with Crippen molar-refractivity contribution in [2.45, 2.75) is 18.2 Å². The average Bonchev–Trinajstić information content (AvgIpc) is 2.29. The third-order valence-electron chi connectivity index (χ3n) is 2.28. The van der Waals surface area contributed by atoms with E-state index < -0.39 is 9.84 Å². The van der Waals surface area contributed by atoms with Gasteiger partial charge in [0, 0.05) is 6.42 Å². The van der Waals surface area contributed by atoms with Crippen LogP contribution in [0.4, 0.5) is 0 Å². The second-order valence-corrected chi connectivity index (χ2v) is 5.58. The largest absolute Gasteiger partial charge is 0.299 e. The highest BCUT2D eigenvalue weighted by Crippen LogP contribution is 2.21. The molecule has 0 N–H and O–H groups in total. The SMILES string of the molecule is C=CC/C(=C\C=O)S(=O)(=O)c1ccc(C)cc1. The first-order valence-corrected chi connectivity index (χ1v) is 6.57. The number of aryl methyl sites for hydroxylation is 1. The third-order valence-corrected chi connectivity index (χ3v) is 4.16. The fraction of sp³-hybridized carbons (Fsp3) is 0.154. The van der Waals surface area contributed by atoms with E-state index in [-0.39, 0.29) is 16.2 Å². The summed E-state index contributed by atoms with van der Waals surface area (Å²) in [6.07, 6.45) is 3.15. The van der Waals surface area contributed by atoms with Gasteiger partial charge in [0.25, 0.3) is 0 Å². The number of benzene rings is 1. The van der Waals surface area contributed by atoms with Crippen LogP contribution in [0, 0.1) is 6.92 Å². The Kier molecular flexibility index (Phi) is 4.40. The van der Waals surface area contributed by atoms with Crippen molar-refractivity contribution in [1.29, 1.82) is 0 Å². The molecule has 0 atom stereocenters. The minimum Gasteiger partial charge on any atom is -0.299 e. The number of hydrogen-bond donors (Lipinski definition) is 0. The van der Waals surface area contributed by atoms with Crippen molar-refractivity contribution >= 4 is 16.1 Å². The number of sulfone groups is 1. The van der Waals surface area contributed by atoms with Crippen LogP contribution in [0.1, 0.15) is 12.0 Å². The molecule has 0 aliphatic heterocycles. The predicted molar refractivity (Wildman–Crippen MR) is 67.3 cm³/mol. The van der Waals surface area contributed by atoms with Gasteiger partial charge in [-0.3, -0.25) is 4.79 Å². The molecule has 0 aromatic heterocycles. The zero-order chi connectivity index (χ0) is 12.9. The van der Waals surface area contributed by atoms with Gasteiger partial charge in [0.15, 0.2) is 0 Å². The molecule has 90 valence electrons. The highest BCUT2D eigenvalue weighted by molar-refractivity contribution is 7.95. The summed E-state index contributed by atoms with van der Waals surface area (Å²) in [4.78, 5) is 10.7.